The van der Waals surface area contributed by atoms with Crippen LogP contribution < -0.4 is 0 Å². The molecule has 1 heterocycles. The summed E-state index contributed by atoms with van der Waals surface area (Å²) in [5.74, 6) is -2.46. The summed E-state index contributed by atoms with van der Waals surface area (Å²) in [7, 11) is 0. The van der Waals surface area contributed by atoms with Gasteiger partial charge in [0.1, 0.15) is 0 Å². The van der Waals surface area contributed by atoms with Crippen LogP contribution in [0.3, 0.4) is 0 Å². The van der Waals surface area contributed by atoms with E-state index in [4.69, 9.17) is 9.47 Å². The van der Waals surface area contributed by atoms with Crippen LogP contribution in [0, 0.1) is 0 Å². The Hall–Kier alpha value is -0.740. The highest BCUT2D eigenvalue weighted by atomic mass is 16.7. The zero-order valence-corrected chi connectivity index (χ0v) is 6.55. The molecule has 0 N–H and O–H groups in total. The molecule has 4 heteroatoms. The lowest BCUT2D eigenvalue weighted by Crippen LogP contribution is -2.40. The molecule has 1 rings (SSSR count). The Morgan fingerprint density at radius 2 is 1.73 bits per heavy atom. The van der Waals surface area contributed by atoms with Gasteiger partial charge >= 0.3 is 0 Å². The molecule has 0 unspecified atom stereocenters. The van der Waals surface area contributed by atoms with Crippen LogP contribution in [0.15, 0.2) is 0 Å². The molecule has 0 aromatic heterocycles. The van der Waals surface area contributed by atoms with Crippen LogP contribution in [0.5, 0.6) is 0 Å². The fraction of sp³-hybridized carbons (Fsp3) is 0.714. The van der Waals surface area contributed by atoms with E-state index in [9.17, 15) is 9.59 Å². The molecule has 0 radical (unpaired) electrons. The third kappa shape index (κ3) is 1.46. The lowest BCUT2D eigenvalue weighted by Gasteiger charge is -2.17. The van der Waals surface area contributed by atoms with Crippen molar-refractivity contribution in [2.45, 2.75) is 19.6 Å². The van der Waals surface area contributed by atoms with Crippen molar-refractivity contribution in [1.29, 1.82) is 0 Å². The Labute approximate surface area is 64.5 Å². The number of hydrogen-bond donors (Lipinski definition) is 0. The molecule has 1 saturated heterocycles. The number of rotatable bonds is 2. The second-order valence-corrected chi connectivity index (χ2v) is 2.53. The molecule has 0 atom stereocenters. The molecule has 0 aliphatic carbocycles. The van der Waals surface area contributed by atoms with Crippen molar-refractivity contribution in [2.75, 3.05) is 13.2 Å². The van der Waals surface area contributed by atoms with Gasteiger partial charge in [0.2, 0.25) is 11.6 Å². The molecule has 0 aromatic carbocycles. The van der Waals surface area contributed by atoms with E-state index >= 15 is 0 Å². The first-order valence-corrected chi connectivity index (χ1v) is 3.39. The summed E-state index contributed by atoms with van der Waals surface area (Å²) in [5, 5.41) is 0. The van der Waals surface area contributed by atoms with Crippen molar-refractivity contribution in [3.05, 3.63) is 0 Å². The van der Waals surface area contributed by atoms with Crippen molar-refractivity contribution in [3.63, 3.8) is 0 Å². The summed E-state index contributed by atoms with van der Waals surface area (Å²) in [6, 6.07) is 0. The fourth-order valence-electron chi connectivity index (χ4n) is 0.965. The quantitative estimate of drug-likeness (QED) is 0.527. The van der Waals surface area contributed by atoms with Gasteiger partial charge in [-0.25, -0.2) is 0 Å². The predicted molar refractivity (Wildman–Crippen MR) is 36.0 cm³/mol. The van der Waals surface area contributed by atoms with E-state index in [1.165, 1.54) is 13.8 Å². The van der Waals surface area contributed by atoms with E-state index in [0.29, 0.717) is 13.2 Å². The molecule has 0 spiro atoms. The molecule has 4 nitrogen and oxygen atoms in total. The molecule has 1 aliphatic heterocycles. The minimum absolute atomic E-state index is 0.371. The number of carbonyl (C=O) groups excluding carboxylic acids is 2. The summed E-state index contributed by atoms with van der Waals surface area (Å²) >= 11 is 0. The Balaban J connectivity index is 2.71. The highest BCUT2D eigenvalue weighted by molar-refractivity contribution is 6.38. The Bertz CT molecular complexity index is 191. The van der Waals surface area contributed by atoms with Crippen LogP contribution in [0.4, 0.5) is 0 Å². The topological polar surface area (TPSA) is 52.6 Å². The number of ketones is 2. The SMILES string of the molecule is CC(=O)C(=O)C1(C)OCCO1. The first-order valence-electron chi connectivity index (χ1n) is 3.39. The van der Waals surface area contributed by atoms with Gasteiger partial charge in [0, 0.05) is 6.92 Å². The molecule has 11 heavy (non-hydrogen) atoms. The standard InChI is InChI=1S/C7H10O4/c1-5(8)6(9)7(2)10-3-4-11-7/h3-4H2,1-2H3. The van der Waals surface area contributed by atoms with Crippen LogP contribution in [0.2, 0.25) is 0 Å². The van der Waals surface area contributed by atoms with Gasteiger partial charge in [0.25, 0.3) is 5.78 Å². The average molecular weight is 158 g/mol. The molecule has 62 valence electrons. The van der Waals surface area contributed by atoms with Gasteiger partial charge in [0.15, 0.2) is 0 Å². The lowest BCUT2D eigenvalue weighted by atomic mass is 10.1. The number of ether oxygens (including phenoxy) is 2. The number of Topliss-reactive ketones (excluding diaryl/α,β-unsaturated/α-hetero) is 2. The minimum atomic E-state index is -1.31. The van der Waals surface area contributed by atoms with Gasteiger partial charge in [-0.1, -0.05) is 0 Å². The second kappa shape index (κ2) is 2.71. The van der Waals surface area contributed by atoms with Gasteiger partial charge in [-0.3, -0.25) is 9.59 Å². The first kappa shape index (κ1) is 8.36. The Morgan fingerprint density at radius 1 is 1.27 bits per heavy atom. The average Bonchev–Trinajstić information content (AvgIpc) is 2.35. The maximum atomic E-state index is 11.1. The zero-order chi connectivity index (χ0) is 8.48. The lowest BCUT2D eigenvalue weighted by molar-refractivity contribution is -0.176. The minimum Gasteiger partial charge on any atom is -0.341 e. The van der Waals surface area contributed by atoms with Crippen LogP contribution in [0.1, 0.15) is 13.8 Å². The highest BCUT2D eigenvalue weighted by Crippen LogP contribution is 2.19. The summed E-state index contributed by atoms with van der Waals surface area (Å²) in [5.41, 5.74) is 0. The summed E-state index contributed by atoms with van der Waals surface area (Å²) in [6.45, 7) is 3.41. The summed E-state index contributed by atoms with van der Waals surface area (Å²) in [6.07, 6.45) is 0. The molecular weight excluding hydrogens is 148 g/mol. The molecule has 0 saturated carbocycles. The van der Waals surface area contributed by atoms with Gasteiger partial charge < -0.3 is 9.47 Å². The Kier molecular flexibility index (Phi) is 2.06. The summed E-state index contributed by atoms with van der Waals surface area (Å²) < 4.78 is 9.94. The van der Waals surface area contributed by atoms with Crippen molar-refractivity contribution in [2.24, 2.45) is 0 Å². The third-order valence-electron chi connectivity index (χ3n) is 1.57. The van der Waals surface area contributed by atoms with Crippen molar-refractivity contribution in [3.8, 4) is 0 Å². The molecule has 1 aliphatic rings. The van der Waals surface area contributed by atoms with E-state index in [2.05, 4.69) is 0 Å². The van der Waals surface area contributed by atoms with E-state index in [1.807, 2.05) is 0 Å². The van der Waals surface area contributed by atoms with Crippen LogP contribution >= 0.6 is 0 Å². The molecule has 1 fully saturated rings. The predicted octanol–water partition coefficient (Wildman–Crippen LogP) is -0.0925. The van der Waals surface area contributed by atoms with Crippen LogP contribution in [-0.4, -0.2) is 30.6 Å². The van der Waals surface area contributed by atoms with Crippen molar-refractivity contribution < 1.29 is 19.1 Å². The molecule has 0 bridgehead atoms. The van der Waals surface area contributed by atoms with Crippen molar-refractivity contribution in [1.82, 2.24) is 0 Å². The third-order valence-corrected chi connectivity index (χ3v) is 1.57. The van der Waals surface area contributed by atoms with E-state index in [-0.39, 0.29) is 0 Å². The van der Waals surface area contributed by atoms with Crippen LogP contribution in [-0.2, 0) is 19.1 Å². The maximum Gasteiger partial charge on any atom is 0.256 e. The normalized spacial score (nSPS) is 21.6. The van der Waals surface area contributed by atoms with E-state index in [0.717, 1.165) is 0 Å². The zero-order valence-electron chi connectivity index (χ0n) is 6.55. The fourth-order valence-corrected chi connectivity index (χ4v) is 0.965. The number of hydrogen-bond acceptors (Lipinski definition) is 4. The molecular formula is C7H10O4. The Morgan fingerprint density at radius 3 is 2.09 bits per heavy atom. The van der Waals surface area contributed by atoms with Gasteiger partial charge in [-0.05, 0) is 6.92 Å². The maximum absolute atomic E-state index is 11.1. The van der Waals surface area contributed by atoms with Gasteiger partial charge in [0.05, 0.1) is 13.2 Å². The molecule has 0 aromatic rings. The van der Waals surface area contributed by atoms with Gasteiger partial charge in [-0.2, -0.15) is 0 Å². The van der Waals surface area contributed by atoms with E-state index in [1.54, 1.807) is 0 Å². The van der Waals surface area contributed by atoms with E-state index < -0.39 is 17.4 Å². The van der Waals surface area contributed by atoms with Gasteiger partial charge in [-0.15, -0.1) is 0 Å². The second-order valence-electron chi connectivity index (χ2n) is 2.53. The summed E-state index contributed by atoms with van der Waals surface area (Å²) in [4.78, 5) is 21.7. The monoisotopic (exact) mass is 158 g/mol. The van der Waals surface area contributed by atoms with Crippen LogP contribution in [0.25, 0.3) is 0 Å². The highest BCUT2D eigenvalue weighted by Gasteiger charge is 2.41. The van der Waals surface area contributed by atoms with Crippen molar-refractivity contribution >= 4 is 11.6 Å². The smallest absolute Gasteiger partial charge is 0.256 e. The molecule has 0 amide bonds. The largest absolute Gasteiger partial charge is 0.341 e. The first-order chi connectivity index (χ1) is 5.06. The number of carbonyl (C=O) groups is 2.